The van der Waals surface area contributed by atoms with E-state index in [4.69, 9.17) is 5.73 Å². The van der Waals surface area contributed by atoms with Gasteiger partial charge in [-0.2, -0.15) is 0 Å². The molecule has 6 nitrogen and oxygen atoms in total. The van der Waals surface area contributed by atoms with E-state index in [2.05, 4.69) is 15.5 Å². The van der Waals surface area contributed by atoms with Gasteiger partial charge in [-0.1, -0.05) is 43.2 Å². The van der Waals surface area contributed by atoms with Gasteiger partial charge >= 0.3 is 0 Å². The molecule has 122 valence electrons. The molecule has 1 saturated carbocycles. The molecule has 0 radical (unpaired) electrons. The first-order chi connectivity index (χ1) is 11.1. The molecule has 1 atom stereocenters. The summed E-state index contributed by atoms with van der Waals surface area (Å²) in [6, 6.07) is 6.02. The molecule has 1 unspecified atom stereocenters. The molecule has 0 bridgehead atoms. The zero-order chi connectivity index (χ0) is 16.2. The molecule has 1 aromatic heterocycles. The number of carbonyl (C=O) groups is 1. The Morgan fingerprint density at radius 1 is 1.26 bits per heavy atom. The van der Waals surface area contributed by atoms with Gasteiger partial charge in [0.05, 0.1) is 6.04 Å². The lowest BCUT2D eigenvalue weighted by Crippen LogP contribution is -2.21. The summed E-state index contributed by atoms with van der Waals surface area (Å²) >= 11 is 1.21. The van der Waals surface area contributed by atoms with Crippen LogP contribution in [0.25, 0.3) is 0 Å². The maximum atomic E-state index is 13.1. The van der Waals surface area contributed by atoms with E-state index in [0.717, 1.165) is 25.7 Å². The number of thioether (sulfide) groups is 1. The zero-order valence-corrected chi connectivity index (χ0v) is 13.4. The number of nitrogens with zero attached hydrogens (tertiary/aromatic N) is 4. The smallest absolute Gasteiger partial charge is 0.235 e. The molecule has 1 fully saturated rings. The second-order valence-electron chi connectivity index (χ2n) is 5.65. The van der Waals surface area contributed by atoms with Crippen molar-refractivity contribution in [1.82, 2.24) is 20.2 Å². The number of nitrogens with two attached hydrogens (primary N) is 1. The second kappa shape index (κ2) is 7.08. The molecular weight excluding hydrogens is 317 g/mol. The third-order valence-corrected chi connectivity index (χ3v) is 5.26. The minimum Gasteiger partial charge on any atom is -0.368 e. The lowest BCUT2D eigenvalue weighted by Gasteiger charge is -2.22. The summed E-state index contributed by atoms with van der Waals surface area (Å²) in [4.78, 5) is 11.8. The summed E-state index contributed by atoms with van der Waals surface area (Å²) in [5, 5.41) is 11.8. The Labute approximate surface area is 137 Å². The predicted molar refractivity (Wildman–Crippen MR) is 84.1 cm³/mol. The molecular formula is C15H18FN5OS. The van der Waals surface area contributed by atoms with Crippen molar-refractivity contribution in [3.63, 3.8) is 0 Å². The van der Waals surface area contributed by atoms with Crippen LogP contribution in [0.1, 0.15) is 49.0 Å². The Morgan fingerprint density at radius 3 is 2.61 bits per heavy atom. The van der Waals surface area contributed by atoms with E-state index in [1.54, 1.807) is 16.8 Å². The fourth-order valence-electron chi connectivity index (χ4n) is 2.85. The van der Waals surface area contributed by atoms with Gasteiger partial charge in [0.25, 0.3) is 0 Å². The summed E-state index contributed by atoms with van der Waals surface area (Å²) in [7, 11) is 0. The van der Waals surface area contributed by atoms with Gasteiger partial charge in [-0.05, 0) is 41.0 Å². The van der Waals surface area contributed by atoms with Crippen molar-refractivity contribution >= 4 is 17.7 Å². The van der Waals surface area contributed by atoms with Crippen LogP contribution in [0.4, 0.5) is 4.39 Å². The fraction of sp³-hybridized carbons (Fsp3) is 0.467. The van der Waals surface area contributed by atoms with Crippen molar-refractivity contribution in [2.45, 2.75) is 48.6 Å². The highest BCUT2D eigenvalue weighted by atomic mass is 32.2. The molecule has 2 aromatic rings. The normalized spacial score (nSPS) is 17.1. The number of tetrazole rings is 1. The first-order valence-electron chi connectivity index (χ1n) is 7.64. The summed E-state index contributed by atoms with van der Waals surface area (Å²) in [5.74, 6) is -0.853. The van der Waals surface area contributed by atoms with Crippen LogP contribution in [0.15, 0.2) is 29.4 Å². The highest BCUT2D eigenvalue weighted by molar-refractivity contribution is 8.00. The Balaban J connectivity index is 1.82. The molecule has 3 rings (SSSR count). The number of aromatic nitrogens is 4. The largest absolute Gasteiger partial charge is 0.368 e. The first-order valence-corrected chi connectivity index (χ1v) is 8.52. The predicted octanol–water partition coefficient (Wildman–Crippen LogP) is 2.64. The molecule has 0 saturated heterocycles. The summed E-state index contributed by atoms with van der Waals surface area (Å²) in [5.41, 5.74) is 6.16. The van der Waals surface area contributed by atoms with E-state index in [-0.39, 0.29) is 11.9 Å². The zero-order valence-electron chi connectivity index (χ0n) is 12.6. The molecule has 1 aromatic carbocycles. The van der Waals surface area contributed by atoms with E-state index in [1.165, 1.54) is 30.3 Å². The first kappa shape index (κ1) is 15.9. The minimum atomic E-state index is -0.649. The molecule has 23 heavy (non-hydrogen) atoms. The monoisotopic (exact) mass is 335 g/mol. The van der Waals surface area contributed by atoms with Crippen LogP contribution < -0.4 is 5.73 Å². The van der Waals surface area contributed by atoms with E-state index in [9.17, 15) is 9.18 Å². The number of carbonyl (C=O) groups excluding carboxylic acids is 1. The Bertz CT molecular complexity index is 669. The van der Waals surface area contributed by atoms with E-state index in [0.29, 0.717) is 10.7 Å². The number of benzene rings is 1. The van der Waals surface area contributed by atoms with E-state index < -0.39 is 11.2 Å². The number of halogens is 1. The molecule has 8 heteroatoms. The third-order valence-electron chi connectivity index (χ3n) is 4.04. The molecule has 1 heterocycles. The lowest BCUT2D eigenvalue weighted by atomic mass is 9.96. The van der Waals surface area contributed by atoms with Crippen LogP contribution in [0.2, 0.25) is 0 Å². The van der Waals surface area contributed by atoms with Crippen molar-refractivity contribution in [2.75, 3.05) is 0 Å². The second-order valence-corrected chi connectivity index (χ2v) is 6.72. The number of amides is 1. The third kappa shape index (κ3) is 3.69. The van der Waals surface area contributed by atoms with Crippen LogP contribution in [0.3, 0.4) is 0 Å². The molecule has 0 spiro atoms. The number of rotatable bonds is 5. The molecule has 2 N–H and O–H groups in total. The highest BCUT2D eigenvalue weighted by Gasteiger charge is 2.26. The minimum absolute atomic E-state index is 0.267. The van der Waals surface area contributed by atoms with Gasteiger partial charge in [0.1, 0.15) is 11.1 Å². The van der Waals surface area contributed by atoms with Crippen LogP contribution >= 0.6 is 11.8 Å². The van der Waals surface area contributed by atoms with Gasteiger partial charge < -0.3 is 5.73 Å². The van der Waals surface area contributed by atoms with E-state index >= 15 is 0 Å². The van der Waals surface area contributed by atoms with Crippen molar-refractivity contribution in [1.29, 1.82) is 0 Å². The van der Waals surface area contributed by atoms with Crippen LogP contribution in [0, 0.1) is 5.82 Å². The van der Waals surface area contributed by atoms with Gasteiger partial charge in [0.15, 0.2) is 0 Å². The molecule has 1 aliphatic rings. The molecule has 1 amide bonds. The number of primary amides is 1. The maximum Gasteiger partial charge on any atom is 0.235 e. The molecule has 0 aliphatic heterocycles. The van der Waals surface area contributed by atoms with Gasteiger partial charge in [-0.25, -0.2) is 9.07 Å². The number of hydrogen-bond donors (Lipinski definition) is 1. The van der Waals surface area contributed by atoms with Crippen LogP contribution in [-0.4, -0.2) is 26.1 Å². The SMILES string of the molecule is NC(=O)C(Sc1nnnn1C1CCCCC1)c1ccc(F)cc1. The van der Waals surface area contributed by atoms with Gasteiger partial charge in [-0.15, -0.1) is 5.10 Å². The summed E-state index contributed by atoms with van der Waals surface area (Å²) < 4.78 is 14.9. The summed E-state index contributed by atoms with van der Waals surface area (Å²) in [6.45, 7) is 0. The average Bonchev–Trinajstić information content (AvgIpc) is 3.02. The van der Waals surface area contributed by atoms with Crippen LogP contribution in [0.5, 0.6) is 0 Å². The Hall–Kier alpha value is -1.96. The van der Waals surface area contributed by atoms with Gasteiger partial charge in [-0.3, -0.25) is 4.79 Å². The topological polar surface area (TPSA) is 86.7 Å². The van der Waals surface area contributed by atoms with Crippen molar-refractivity contribution in [3.8, 4) is 0 Å². The quantitative estimate of drug-likeness (QED) is 0.849. The van der Waals surface area contributed by atoms with Crippen molar-refractivity contribution < 1.29 is 9.18 Å². The molecule has 1 aliphatic carbocycles. The van der Waals surface area contributed by atoms with Crippen molar-refractivity contribution in [3.05, 3.63) is 35.6 Å². The Kier molecular flexibility index (Phi) is 4.90. The maximum absolute atomic E-state index is 13.1. The summed E-state index contributed by atoms with van der Waals surface area (Å²) in [6.07, 6.45) is 5.63. The lowest BCUT2D eigenvalue weighted by molar-refractivity contribution is -0.117. The number of hydrogen-bond acceptors (Lipinski definition) is 5. The average molecular weight is 335 g/mol. The fourth-order valence-corrected chi connectivity index (χ4v) is 3.85. The Morgan fingerprint density at radius 2 is 1.96 bits per heavy atom. The highest BCUT2D eigenvalue weighted by Crippen LogP contribution is 2.36. The van der Waals surface area contributed by atoms with Crippen molar-refractivity contribution in [2.24, 2.45) is 5.73 Å². The van der Waals surface area contributed by atoms with Crippen LogP contribution in [-0.2, 0) is 4.79 Å². The van der Waals surface area contributed by atoms with E-state index in [1.807, 2.05) is 0 Å². The van der Waals surface area contributed by atoms with Gasteiger partial charge in [0.2, 0.25) is 11.1 Å². The standard InChI is InChI=1S/C15H18FN5OS/c16-11-8-6-10(7-9-11)13(14(17)22)23-15-18-19-20-21(15)12-4-2-1-3-5-12/h6-9,12-13H,1-5H2,(H2,17,22). The van der Waals surface area contributed by atoms with Gasteiger partial charge in [0, 0.05) is 0 Å².